The predicted octanol–water partition coefficient (Wildman–Crippen LogP) is 11.8. The molecule has 4 heteroatoms. The van der Waals surface area contributed by atoms with E-state index in [0.717, 1.165) is 60.9 Å². The lowest BCUT2D eigenvalue weighted by Crippen LogP contribution is -2.00. The van der Waals surface area contributed by atoms with Gasteiger partial charge in [0.15, 0.2) is 17.5 Å². The molecule has 0 saturated carbocycles. The zero-order chi connectivity index (χ0) is 36.9. The number of fused-ring (bicyclic) bond motifs is 3. The summed E-state index contributed by atoms with van der Waals surface area (Å²) in [6.07, 6.45) is 0. The summed E-state index contributed by atoms with van der Waals surface area (Å²) in [5.41, 5.74) is 8.89. The van der Waals surface area contributed by atoms with Crippen LogP contribution in [0.5, 0.6) is 0 Å². The van der Waals surface area contributed by atoms with Gasteiger partial charge in [-0.15, -0.1) is 0 Å². The SMILES string of the molecule is [2H]c1c([2H])c([2H])c(-c2ccc(-c3ccc(-c4ccc5c(c4)oc4cccc(-c6nc(-c7ccccc7)nc(-c7ccccc7)n6)c45)cc3)cc2)c([2H])c1[2H]. The van der Waals surface area contributed by atoms with Crippen LogP contribution in [-0.2, 0) is 0 Å². The fourth-order valence-corrected chi connectivity index (χ4v) is 6.20. The Balaban J connectivity index is 1.05. The van der Waals surface area contributed by atoms with Gasteiger partial charge in [0.2, 0.25) is 0 Å². The molecule has 0 amide bonds. The minimum atomic E-state index is -0.399. The minimum Gasteiger partial charge on any atom is -0.456 e. The molecule has 0 aliphatic rings. The van der Waals surface area contributed by atoms with Gasteiger partial charge in [-0.1, -0.05) is 158 Å². The summed E-state index contributed by atoms with van der Waals surface area (Å²) in [6.45, 7) is 0. The Hall–Kier alpha value is -6.65. The van der Waals surface area contributed by atoms with Gasteiger partial charge < -0.3 is 4.42 Å². The lowest BCUT2D eigenvalue weighted by molar-refractivity contribution is 0.669. The van der Waals surface area contributed by atoms with E-state index in [4.69, 9.17) is 26.2 Å². The molecule has 0 radical (unpaired) electrons. The maximum absolute atomic E-state index is 8.32. The number of hydrogen-bond donors (Lipinski definition) is 0. The van der Waals surface area contributed by atoms with E-state index in [1.165, 1.54) is 0 Å². The molecule has 2 aromatic heterocycles. The standard InChI is InChI=1S/C45H29N3O/c1-4-11-30(12-5-1)31-19-21-32(22-20-31)33-23-25-34(26-24-33)37-27-28-38-41(29-37)49-40-18-10-17-39(42(38)40)45-47-43(35-13-6-2-7-14-35)46-44(48-45)36-15-8-3-9-16-36/h1-29H/i1D,4D,5D,11D,12D. The molecule has 0 atom stereocenters. The van der Waals surface area contributed by atoms with Crippen LogP contribution >= 0.6 is 0 Å². The zero-order valence-corrected chi connectivity index (χ0v) is 26.1. The van der Waals surface area contributed by atoms with Crippen LogP contribution < -0.4 is 0 Å². The first-order chi connectivity index (χ1) is 26.3. The second-order valence-electron chi connectivity index (χ2n) is 11.7. The average molecular weight is 633 g/mol. The Kier molecular flexibility index (Phi) is 5.87. The molecule has 0 bridgehead atoms. The van der Waals surface area contributed by atoms with Gasteiger partial charge >= 0.3 is 0 Å². The van der Waals surface area contributed by atoms with E-state index in [9.17, 15) is 0 Å². The quantitative estimate of drug-likeness (QED) is 0.183. The lowest BCUT2D eigenvalue weighted by Gasteiger charge is -2.09. The lowest BCUT2D eigenvalue weighted by atomic mass is 9.97. The zero-order valence-electron chi connectivity index (χ0n) is 31.1. The third-order valence-electron chi connectivity index (χ3n) is 8.66. The molecule has 9 rings (SSSR count). The van der Waals surface area contributed by atoms with E-state index in [-0.39, 0.29) is 29.7 Å². The van der Waals surface area contributed by atoms with Crippen molar-refractivity contribution in [2.75, 3.05) is 0 Å². The van der Waals surface area contributed by atoms with E-state index in [1.54, 1.807) is 12.1 Å². The molecule has 0 spiro atoms. The Morgan fingerprint density at radius 1 is 0.388 bits per heavy atom. The molecule has 49 heavy (non-hydrogen) atoms. The number of nitrogens with zero attached hydrogens (tertiary/aromatic N) is 3. The molecule has 2 heterocycles. The van der Waals surface area contributed by atoms with Crippen LogP contribution in [0.4, 0.5) is 0 Å². The van der Waals surface area contributed by atoms with Gasteiger partial charge in [0.25, 0.3) is 0 Å². The van der Waals surface area contributed by atoms with Gasteiger partial charge in [0.05, 0.1) is 6.85 Å². The minimum absolute atomic E-state index is 0.193. The number of rotatable bonds is 6. The van der Waals surface area contributed by atoms with Gasteiger partial charge in [0, 0.05) is 27.5 Å². The highest BCUT2D eigenvalue weighted by atomic mass is 16.3. The smallest absolute Gasteiger partial charge is 0.164 e. The van der Waals surface area contributed by atoms with E-state index < -0.39 is 6.04 Å². The number of furan rings is 1. The first kappa shape index (κ1) is 23.6. The van der Waals surface area contributed by atoms with E-state index in [2.05, 4.69) is 30.3 Å². The largest absolute Gasteiger partial charge is 0.456 e. The summed E-state index contributed by atoms with van der Waals surface area (Å²) in [4.78, 5) is 14.8. The topological polar surface area (TPSA) is 51.8 Å². The summed E-state index contributed by atoms with van der Waals surface area (Å²) < 4.78 is 47.0. The van der Waals surface area contributed by atoms with Crippen molar-refractivity contribution in [1.82, 2.24) is 15.0 Å². The van der Waals surface area contributed by atoms with E-state index in [0.29, 0.717) is 23.0 Å². The van der Waals surface area contributed by atoms with Crippen LogP contribution in [0.25, 0.3) is 89.5 Å². The average Bonchev–Trinajstić information content (AvgIpc) is 3.61. The fraction of sp³-hybridized carbons (Fsp3) is 0. The summed E-state index contributed by atoms with van der Waals surface area (Å²) in [7, 11) is 0. The second kappa shape index (κ2) is 12.2. The number of hydrogen-bond acceptors (Lipinski definition) is 4. The highest BCUT2D eigenvalue weighted by Gasteiger charge is 2.18. The van der Waals surface area contributed by atoms with Crippen molar-refractivity contribution in [2.45, 2.75) is 0 Å². The van der Waals surface area contributed by atoms with Crippen LogP contribution in [0.1, 0.15) is 6.85 Å². The van der Waals surface area contributed by atoms with Crippen LogP contribution in [0.2, 0.25) is 0 Å². The Morgan fingerprint density at radius 2 is 0.898 bits per heavy atom. The van der Waals surface area contributed by atoms with Gasteiger partial charge in [-0.05, 0) is 51.6 Å². The first-order valence-corrected chi connectivity index (χ1v) is 15.9. The van der Waals surface area contributed by atoms with Gasteiger partial charge in [-0.25, -0.2) is 15.0 Å². The Morgan fingerprint density at radius 3 is 1.49 bits per heavy atom. The summed E-state index contributed by atoms with van der Waals surface area (Å²) in [5, 5.41) is 1.90. The normalized spacial score (nSPS) is 12.7. The second-order valence-corrected chi connectivity index (χ2v) is 11.7. The molecule has 7 aromatic carbocycles. The maximum Gasteiger partial charge on any atom is 0.164 e. The number of benzene rings is 7. The van der Waals surface area contributed by atoms with Crippen LogP contribution in [0.3, 0.4) is 0 Å². The molecular weight excluding hydrogens is 599 g/mol. The molecule has 4 nitrogen and oxygen atoms in total. The van der Waals surface area contributed by atoms with Crippen molar-refractivity contribution in [3.8, 4) is 67.5 Å². The van der Waals surface area contributed by atoms with Crippen molar-refractivity contribution >= 4 is 21.9 Å². The highest BCUT2D eigenvalue weighted by Crippen LogP contribution is 2.38. The third-order valence-corrected chi connectivity index (χ3v) is 8.66. The van der Waals surface area contributed by atoms with Crippen LogP contribution in [0.15, 0.2) is 180 Å². The molecule has 0 aliphatic heterocycles. The molecule has 0 fully saturated rings. The molecule has 0 aliphatic carbocycles. The van der Waals surface area contributed by atoms with Gasteiger partial charge in [-0.2, -0.15) is 0 Å². The predicted molar refractivity (Wildman–Crippen MR) is 200 cm³/mol. The summed E-state index contributed by atoms with van der Waals surface area (Å²) >= 11 is 0. The van der Waals surface area contributed by atoms with E-state index in [1.807, 2.05) is 103 Å². The molecule has 0 N–H and O–H groups in total. The van der Waals surface area contributed by atoms with Gasteiger partial charge in [0.1, 0.15) is 11.2 Å². The third kappa shape index (κ3) is 5.45. The molecule has 0 saturated heterocycles. The van der Waals surface area contributed by atoms with Crippen molar-refractivity contribution in [3.05, 3.63) is 176 Å². The first-order valence-electron chi connectivity index (χ1n) is 18.4. The molecule has 0 unspecified atom stereocenters. The van der Waals surface area contributed by atoms with Crippen molar-refractivity contribution < 1.29 is 11.3 Å². The summed E-state index contributed by atoms with van der Waals surface area (Å²) in [6, 6.07) is 46.2. The summed E-state index contributed by atoms with van der Waals surface area (Å²) in [5.74, 6) is 1.76. The molecule has 9 aromatic rings. The molecular formula is C45H29N3O. The van der Waals surface area contributed by atoms with Crippen molar-refractivity contribution in [2.24, 2.45) is 0 Å². The van der Waals surface area contributed by atoms with Crippen molar-refractivity contribution in [1.29, 1.82) is 0 Å². The van der Waals surface area contributed by atoms with Gasteiger partial charge in [-0.3, -0.25) is 0 Å². The number of aromatic nitrogens is 3. The maximum atomic E-state index is 8.32. The Bertz CT molecular complexity index is 2770. The molecule has 230 valence electrons. The monoisotopic (exact) mass is 632 g/mol. The van der Waals surface area contributed by atoms with Crippen molar-refractivity contribution in [3.63, 3.8) is 0 Å². The van der Waals surface area contributed by atoms with Crippen LogP contribution in [0, 0.1) is 0 Å². The fourth-order valence-electron chi connectivity index (χ4n) is 6.20. The van der Waals surface area contributed by atoms with Crippen LogP contribution in [-0.4, -0.2) is 15.0 Å². The van der Waals surface area contributed by atoms with E-state index >= 15 is 0 Å². The highest BCUT2D eigenvalue weighted by molar-refractivity contribution is 6.12. The Labute approximate surface area is 291 Å².